The van der Waals surface area contributed by atoms with Crippen molar-refractivity contribution in [2.75, 3.05) is 24.4 Å². The van der Waals surface area contributed by atoms with E-state index in [1.54, 1.807) is 50.2 Å². The monoisotopic (exact) mass is 519 g/mol. The second-order valence-electron chi connectivity index (χ2n) is 9.51. The summed E-state index contributed by atoms with van der Waals surface area (Å²) in [6, 6.07) is 10.2. The lowest BCUT2D eigenvalue weighted by Gasteiger charge is -2.36. The van der Waals surface area contributed by atoms with Crippen LogP contribution in [0.15, 0.2) is 41.3 Å². The van der Waals surface area contributed by atoms with E-state index in [1.165, 1.54) is 0 Å². The molecule has 0 radical (unpaired) electrons. The summed E-state index contributed by atoms with van der Waals surface area (Å²) in [5, 5.41) is 4.04. The third-order valence-corrected chi connectivity index (χ3v) is 8.67. The van der Waals surface area contributed by atoms with Crippen LogP contribution in [0.2, 0.25) is 5.02 Å². The molecule has 1 unspecified atom stereocenters. The first-order valence-corrected chi connectivity index (χ1v) is 14.4. The van der Waals surface area contributed by atoms with Gasteiger partial charge in [0.15, 0.2) is 0 Å². The van der Waals surface area contributed by atoms with Crippen molar-refractivity contribution in [3.05, 3.63) is 58.1 Å². The Kier molecular flexibility index (Phi) is 9.62. The maximum atomic E-state index is 13.7. The van der Waals surface area contributed by atoms with Crippen molar-refractivity contribution in [3.8, 4) is 0 Å². The Hall–Kier alpha value is -2.09. The highest BCUT2D eigenvalue weighted by Gasteiger charge is 2.32. The highest BCUT2D eigenvalue weighted by molar-refractivity contribution is 7.92. The van der Waals surface area contributed by atoms with Gasteiger partial charge in [0, 0.05) is 35.4 Å². The Morgan fingerprint density at radius 2 is 1.86 bits per heavy atom. The van der Waals surface area contributed by atoms with Crippen molar-refractivity contribution in [2.45, 2.75) is 70.7 Å². The van der Waals surface area contributed by atoms with E-state index in [0.29, 0.717) is 39.9 Å². The Morgan fingerprint density at radius 3 is 2.54 bits per heavy atom. The number of rotatable bonds is 9. The van der Waals surface area contributed by atoms with Crippen LogP contribution >= 0.6 is 11.6 Å². The van der Waals surface area contributed by atoms with E-state index in [2.05, 4.69) is 23.9 Å². The van der Waals surface area contributed by atoms with Crippen LogP contribution in [-0.4, -0.2) is 44.9 Å². The molecule has 2 aromatic rings. The molecule has 0 bridgehead atoms. The summed E-state index contributed by atoms with van der Waals surface area (Å²) in [6.45, 7) is 10.3. The number of amides is 1. The van der Waals surface area contributed by atoms with Gasteiger partial charge in [0.1, 0.15) is 0 Å². The quantitative estimate of drug-likeness (QED) is 0.440. The summed E-state index contributed by atoms with van der Waals surface area (Å²) in [5.74, 6) is 0.396. The molecule has 0 aromatic heterocycles. The summed E-state index contributed by atoms with van der Waals surface area (Å²) in [7, 11) is -3.84. The van der Waals surface area contributed by atoms with Gasteiger partial charge in [-0.15, -0.1) is 0 Å². The molecule has 1 fully saturated rings. The molecule has 3 rings (SSSR count). The number of halogens is 1. The van der Waals surface area contributed by atoms with Gasteiger partial charge in [0.25, 0.3) is 15.9 Å². The number of nitrogens with one attached hydrogen (secondary N) is 2. The van der Waals surface area contributed by atoms with Crippen molar-refractivity contribution in [1.82, 2.24) is 10.2 Å². The molecule has 192 valence electrons. The normalized spacial score (nSPS) is 16.9. The molecule has 0 spiro atoms. The van der Waals surface area contributed by atoms with Gasteiger partial charge in [0.05, 0.1) is 4.90 Å². The number of sulfonamides is 1. The van der Waals surface area contributed by atoms with Crippen molar-refractivity contribution in [2.24, 2.45) is 5.92 Å². The van der Waals surface area contributed by atoms with Crippen LogP contribution in [0.5, 0.6) is 0 Å². The van der Waals surface area contributed by atoms with E-state index in [0.717, 1.165) is 45.2 Å². The molecule has 1 atom stereocenters. The number of carbonyl (C=O) groups excluding carboxylic acids is 1. The molecule has 1 amide bonds. The molecule has 1 aliphatic rings. The Labute approximate surface area is 215 Å². The van der Waals surface area contributed by atoms with Crippen molar-refractivity contribution < 1.29 is 13.2 Å². The number of nitrogens with zero attached hydrogens (tertiary/aromatic N) is 1. The average Bonchev–Trinajstić information content (AvgIpc) is 3.06. The Morgan fingerprint density at radius 1 is 1.14 bits per heavy atom. The topological polar surface area (TPSA) is 78.5 Å². The third kappa shape index (κ3) is 6.78. The molecule has 6 nitrogen and oxygen atoms in total. The van der Waals surface area contributed by atoms with Crippen molar-refractivity contribution in [1.29, 1.82) is 0 Å². The average molecular weight is 520 g/mol. The molecule has 35 heavy (non-hydrogen) atoms. The molecule has 1 aliphatic heterocycles. The Balaban J connectivity index is 1.88. The van der Waals surface area contributed by atoms with Gasteiger partial charge in [-0.1, -0.05) is 44.4 Å². The fourth-order valence-corrected chi connectivity index (χ4v) is 6.56. The van der Waals surface area contributed by atoms with Crippen LogP contribution in [0.25, 0.3) is 0 Å². The summed E-state index contributed by atoms with van der Waals surface area (Å²) < 4.78 is 28.9. The van der Waals surface area contributed by atoms with E-state index in [1.807, 2.05) is 4.90 Å². The second kappa shape index (κ2) is 12.2. The summed E-state index contributed by atoms with van der Waals surface area (Å²) in [5.41, 5.74) is 2.12. The highest BCUT2D eigenvalue weighted by Crippen LogP contribution is 2.28. The fourth-order valence-electron chi connectivity index (χ4n) is 4.98. The number of hydrogen-bond donors (Lipinski definition) is 2. The number of aryl methyl sites for hydroxylation is 2. The van der Waals surface area contributed by atoms with Crippen LogP contribution in [-0.2, 0) is 10.0 Å². The lowest BCUT2D eigenvalue weighted by molar-refractivity contribution is 0.0611. The van der Waals surface area contributed by atoms with Crippen LogP contribution < -0.4 is 10.0 Å². The van der Waals surface area contributed by atoms with E-state index in [9.17, 15) is 13.2 Å². The molecule has 2 aromatic carbocycles. The van der Waals surface area contributed by atoms with Gasteiger partial charge in [-0.2, -0.15) is 0 Å². The zero-order chi connectivity index (χ0) is 25.6. The van der Waals surface area contributed by atoms with Gasteiger partial charge in [-0.05, 0) is 87.0 Å². The van der Waals surface area contributed by atoms with Gasteiger partial charge in [-0.3, -0.25) is 9.52 Å². The minimum atomic E-state index is -3.84. The molecule has 8 heteroatoms. The molecular formula is C27H38ClN3O3S. The zero-order valence-corrected chi connectivity index (χ0v) is 22.8. The van der Waals surface area contributed by atoms with E-state index >= 15 is 0 Å². The standard InChI is InChI=1S/C27H38ClN3O3S/c1-5-9-21(10-6-2)25-18-29-13-8-14-31(25)27(32)22-11-7-12-23(17-22)30-35(33,34)26-16-19(3)24(28)15-20(26)4/h7,11-12,15-17,21,25,29-30H,5-6,8-10,13-14,18H2,1-4H3. The number of benzene rings is 2. The second-order valence-corrected chi connectivity index (χ2v) is 11.6. The molecule has 0 aliphatic carbocycles. The zero-order valence-electron chi connectivity index (χ0n) is 21.2. The number of hydrogen-bond acceptors (Lipinski definition) is 4. The van der Waals surface area contributed by atoms with E-state index in [-0.39, 0.29) is 16.8 Å². The number of anilines is 1. The lowest BCUT2D eigenvalue weighted by atomic mass is 9.89. The predicted molar refractivity (Wildman–Crippen MR) is 144 cm³/mol. The highest BCUT2D eigenvalue weighted by atomic mass is 35.5. The van der Waals surface area contributed by atoms with Crippen LogP contribution in [0.3, 0.4) is 0 Å². The molecule has 0 saturated carbocycles. The lowest BCUT2D eigenvalue weighted by Crippen LogP contribution is -2.48. The SMILES string of the molecule is CCCC(CCC)C1CNCCCN1C(=O)c1cccc(NS(=O)(=O)c2cc(C)c(Cl)cc2C)c1. The first kappa shape index (κ1) is 27.5. The van der Waals surface area contributed by atoms with Gasteiger partial charge < -0.3 is 10.2 Å². The van der Waals surface area contributed by atoms with Crippen LogP contribution in [0.4, 0.5) is 5.69 Å². The minimum absolute atomic E-state index is 0.0459. The number of carbonyl (C=O) groups is 1. The van der Waals surface area contributed by atoms with Gasteiger partial charge in [-0.25, -0.2) is 8.42 Å². The van der Waals surface area contributed by atoms with Crippen LogP contribution in [0, 0.1) is 19.8 Å². The van der Waals surface area contributed by atoms with Crippen molar-refractivity contribution in [3.63, 3.8) is 0 Å². The maximum absolute atomic E-state index is 13.7. The fraction of sp³-hybridized carbons (Fsp3) is 0.519. The van der Waals surface area contributed by atoms with Gasteiger partial charge in [0.2, 0.25) is 0 Å². The first-order valence-electron chi connectivity index (χ1n) is 12.6. The Bertz CT molecular complexity index is 1130. The molecule has 1 heterocycles. The summed E-state index contributed by atoms with van der Waals surface area (Å²) in [6.07, 6.45) is 5.25. The predicted octanol–water partition coefficient (Wildman–Crippen LogP) is 5.78. The third-order valence-electron chi connectivity index (χ3n) is 6.74. The smallest absolute Gasteiger partial charge is 0.262 e. The molecule has 1 saturated heterocycles. The largest absolute Gasteiger partial charge is 0.334 e. The minimum Gasteiger partial charge on any atom is -0.334 e. The first-order chi connectivity index (χ1) is 16.7. The summed E-state index contributed by atoms with van der Waals surface area (Å²) in [4.78, 5) is 15.9. The molecular weight excluding hydrogens is 482 g/mol. The maximum Gasteiger partial charge on any atom is 0.262 e. The van der Waals surface area contributed by atoms with Crippen LogP contribution in [0.1, 0.15) is 67.4 Å². The summed E-state index contributed by atoms with van der Waals surface area (Å²) >= 11 is 6.15. The van der Waals surface area contributed by atoms with Gasteiger partial charge >= 0.3 is 0 Å². The van der Waals surface area contributed by atoms with Crippen molar-refractivity contribution >= 4 is 33.2 Å². The van der Waals surface area contributed by atoms with E-state index in [4.69, 9.17) is 11.6 Å². The van der Waals surface area contributed by atoms with E-state index < -0.39 is 10.0 Å². The molecule has 2 N–H and O–H groups in total.